The van der Waals surface area contributed by atoms with E-state index in [9.17, 15) is 0 Å². The number of nitrogens with one attached hydrogen (secondary N) is 2. The predicted molar refractivity (Wildman–Crippen MR) is 73.2 cm³/mol. The number of aliphatic imine (C=N–C) groups is 1. The first kappa shape index (κ1) is 14.0. The van der Waals surface area contributed by atoms with Crippen LogP contribution in [-0.2, 0) is 9.47 Å². The summed E-state index contributed by atoms with van der Waals surface area (Å²) in [5.74, 6) is 0.867. The number of guanidine groups is 1. The Hall–Kier alpha value is -0.0800. The molecule has 1 atom stereocenters. The number of ether oxygens (including phenoxy) is 2. The molecular formula is C10H20IN3O2. The average molecular weight is 341 g/mol. The third-order valence-corrected chi connectivity index (χ3v) is 2.55. The summed E-state index contributed by atoms with van der Waals surface area (Å²) in [7, 11) is 0. The van der Waals surface area contributed by atoms with Crippen LogP contribution in [0.5, 0.6) is 0 Å². The van der Waals surface area contributed by atoms with Crippen molar-refractivity contribution in [3.63, 3.8) is 0 Å². The van der Waals surface area contributed by atoms with E-state index < -0.39 is 0 Å². The van der Waals surface area contributed by atoms with Crippen LogP contribution in [0.2, 0.25) is 0 Å². The van der Waals surface area contributed by atoms with Crippen LogP contribution in [0.25, 0.3) is 0 Å². The van der Waals surface area contributed by atoms with Crippen LogP contribution < -0.4 is 10.6 Å². The Morgan fingerprint density at radius 3 is 2.88 bits per heavy atom. The van der Waals surface area contributed by atoms with Crippen molar-refractivity contribution in [3.05, 3.63) is 0 Å². The molecule has 0 spiro atoms. The van der Waals surface area contributed by atoms with Crippen molar-refractivity contribution in [1.82, 2.24) is 10.6 Å². The lowest BCUT2D eigenvalue weighted by Gasteiger charge is -2.26. The molecule has 0 amide bonds. The number of hydrogen-bond donors (Lipinski definition) is 2. The summed E-state index contributed by atoms with van der Waals surface area (Å²) in [5.41, 5.74) is 0. The van der Waals surface area contributed by atoms with E-state index in [1.165, 1.54) is 0 Å². The molecule has 2 aliphatic rings. The van der Waals surface area contributed by atoms with E-state index in [2.05, 4.69) is 22.5 Å². The van der Waals surface area contributed by atoms with E-state index in [0.717, 1.165) is 38.6 Å². The molecule has 0 bridgehead atoms. The van der Waals surface area contributed by atoms with Gasteiger partial charge < -0.3 is 20.1 Å². The Labute approximate surface area is 113 Å². The van der Waals surface area contributed by atoms with Crippen molar-refractivity contribution >= 4 is 29.9 Å². The summed E-state index contributed by atoms with van der Waals surface area (Å²) >= 11 is 0. The lowest BCUT2D eigenvalue weighted by molar-refractivity contribution is -0.173. The Bertz CT molecular complexity index is 232. The van der Waals surface area contributed by atoms with Gasteiger partial charge in [-0.25, -0.2) is 0 Å². The molecule has 6 heteroatoms. The van der Waals surface area contributed by atoms with Gasteiger partial charge in [0.25, 0.3) is 0 Å². The molecule has 2 aliphatic heterocycles. The topological polar surface area (TPSA) is 54.9 Å². The monoisotopic (exact) mass is 341 g/mol. The van der Waals surface area contributed by atoms with Gasteiger partial charge in [0.2, 0.25) is 0 Å². The predicted octanol–water partition coefficient (Wildman–Crippen LogP) is 0.695. The van der Waals surface area contributed by atoms with Gasteiger partial charge in [-0.2, -0.15) is 0 Å². The summed E-state index contributed by atoms with van der Waals surface area (Å²) < 4.78 is 10.9. The molecule has 0 aromatic rings. The SMILES string of the molecule is CC1CCN=C(NCC2OCCCO2)N1.I. The van der Waals surface area contributed by atoms with Gasteiger partial charge in [-0.1, -0.05) is 0 Å². The van der Waals surface area contributed by atoms with Crippen LogP contribution in [0, 0.1) is 0 Å². The fraction of sp³-hybridized carbons (Fsp3) is 0.900. The Morgan fingerprint density at radius 1 is 1.44 bits per heavy atom. The van der Waals surface area contributed by atoms with E-state index in [-0.39, 0.29) is 30.3 Å². The Balaban J connectivity index is 0.00000128. The fourth-order valence-corrected chi connectivity index (χ4v) is 1.66. The third kappa shape index (κ3) is 4.42. The van der Waals surface area contributed by atoms with Crippen molar-refractivity contribution in [2.75, 3.05) is 26.3 Å². The molecule has 0 aromatic carbocycles. The largest absolute Gasteiger partial charge is 0.354 e. The zero-order valence-corrected chi connectivity index (χ0v) is 11.9. The highest BCUT2D eigenvalue weighted by Gasteiger charge is 2.16. The molecule has 5 nitrogen and oxygen atoms in total. The van der Waals surface area contributed by atoms with Gasteiger partial charge in [0.15, 0.2) is 12.2 Å². The fourth-order valence-electron chi connectivity index (χ4n) is 1.66. The van der Waals surface area contributed by atoms with Gasteiger partial charge in [-0.15, -0.1) is 24.0 Å². The van der Waals surface area contributed by atoms with Crippen molar-refractivity contribution < 1.29 is 9.47 Å². The summed E-state index contributed by atoms with van der Waals surface area (Å²) in [6.07, 6.45) is 1.97. The summed E-state index contributed by atoms with van der Waals surface area (Å²) in [5, 5.41) is 6.49. The second-order valence-electron chi connectivity index (χ2n) is 3.97. The maximum Gasteiger partial charge on any atom is 0.191 e. The quantitative estimate of drug-likeness (QED) is 0.726. The summed E-state index contributed by atoms with van der Waals surface area (Å²) in [6, 6.07) is 0.498. The van der Waals surface area contributed by atoms with Gasteiger partial charge in [0.1, 0.15) is 0 Å². The van der Waals surface area contributed by atoms with Gasteiger partial charge in [0, 0.05) is 12.6 Å². The molecule has 2 heterocycles. The van der Waals surface area contributed by atoms with Gasteiger partial charge in [-0.3, -0.25) is 4.99 Å². The molecule has 16 heavy (non-hydrogen) atoms. The van der Waals surface area contributed by atoms with E-state index in [4.69, 9.17) is 9.47 Å². The molecule has 0 radical (unpaired) electrons. The molecule has 94 valence electrons. The van der Waals surface area contributed by atoms with Crippen LogP contribution >= 0.6 is 24.0 Å². The highest BCUT2D eigenvalue weighted by atomic mass is 127. The molecule has 1 fully saturated rings. The number of hydrogen-bond acceptors (Lipinski definition) is 5. The van der Waals surface area contributed by atoms with Crippen molar-refractivity contribution in [2.45, 2.75) is 32.1 Å². The molecule has 2 rings (SSSR count). The van der Waals surface area contributed by atoms with Crippen LogP contribution in [0.1, 0.15) is 19.8 Å². The minimum absolute atomic E-state index is 0. The Morgan fingerprint density at radius 2 is 2.19 bits per heavy atom. The van der Waals surface area contributed by atoms with Crippen LogP contribution in [-0.4, -0.2) is 44.6 Å². The van der Waals surface area contributed by atoms with Crippen molar-refractivity contribution in [3.8, 4) is 0 Å². The lowest BCUT2D eigenvalue weighted by Crippen LogP contribution is -2.48. The van der Waals surface area contributed by atoms with Gasteiger partial charge >= 0.3 is 0 Å². The van der Waals surface area contributed by atoms with Crippen LogP contribution in [0.3, 0.4) is 0 Å². The molecule has 1 unspecified atom stereocenters. The van der Waals surface area contributed by atoms with E-state index in [0.29, 0.717) is 12.6 Å². The minimum Gasteiger partial charge on any atom is -0.354 e. The Kier molecular flexibility index (Phi) is 6.37. The maximum absolute atomic E-state index is 5.43. The normalized spacial score (nSPS) is 26.3. The third-order valence-electron chi connectivity index (χ3n) is 2.55. The standard InChI is InChI=1S/C10H19N3O2.HI/c1-8-3-4-11-10(13-8)12-7-9-14-5-2-6-15-9;/h8-9H,2-7H2,1H3,(H2,11,12,13);1H. The average Bonchev–Trinajstić information content (AvgIpc) is 2.28. The zero-order chi connectivity index (χ0) is 10.5. The minimum atomic E-state index is -0.125. The van der Waals surface area contributed by atoms with Crippen molar-refractivity contribution in [1.29, 1.82) is 0 Å². The summed E-state index contributed by atoms with van der Waals surface area (Å²) in [6.45, 7) is 5.30. The number of halogens is 1. The molecule has 0 saturated carbocycles. The highest BCUT2D eigenvalue weighted by Crippen LogP contribution is 2.03. The lowest BCUT2D eigenvalue weighted by atomic mass is 10.2. The van der Waals surface area contributed by atoms with Crippen LogP contribution in [0.15, 0.2) is 4.99 Å². The molecule has 0 aromatic heterocycles. The second-order valence-corrected chi connectivity index (χ2v) is 3.97. The molecule has 2 N–H and O–H groups in total. The van der Waals surface area contributed by atoms with E-state index in [1.54, 1.807) is 0 Å². The first-order valence-corrected chi connectivity index (χ1v) is 5.62. The molecule has 0 aliphatic carbocycles. The zero-order valence-electron chi connectivity index (χ0n) is 9.57. The smallest absolute Gasteiger partial charge is 0.191 e. The van der Waals surface area contributed by atoms with Crippen LogP contribution in [0.4, 0.5) is 0 Å². The van der Waals surface area contributed by atoms with Gasteiger partial charge in [0.05, 0.1) is 19.8 Å². The van der Waals surface area contributed by atoms with Gasteiger partial charge in [-0.05, 0) is 19.8 Å². The second kappa shape index (κ2) is 7.29. The highest BCUT2D eigenvalue weighted by molar-refractivity contribution is 14.0. The first-order valence-electron chi connectivity index (χ1n) is 5.62. The van der Waals surface area contributed by atoms with E-state index >= 15 is 0 Å². The maximum atomic E-state index is 5.43. The van der Waals surface area contributed by atoms with E-state index in [1.807, 2.05) is 0 Å². The number of rotatable bonds is 2. The first-order chi connectivity index (χ1) is 7.34. The number of nitrogens with zero attached hydrogens (tertiary/aromatic N) is 1. The van der Waals surface area contributed by atoms with Crippen molar-refractivity contribution in [2.24, 2.45) is 4.99 Å². The molecular weight excluding hydrogens is 321 g/mol. The molecule has 1 saturated heterocycles. The summed E-state index contributed by atoms with van der Waals surface area (Å²) in [4.78, 5) is 4.35.